The number of carbonyl (C=O) groups excluding carboxylic acids is 1. The van der Waals surface area contributed by atoms with Crippen LogP contribution < -0.4 is 10.6 Å². The molecular formula is C21H28N4O2. The Morgan fingerprint density at radius 1 is 1.22 bits per heavy atom. The van der Waals surface area contributed by atoms with Gasteiger partial charge in [-0.25, -0.2) is 0 Å². The van der Waals surface area contributed by atoms with E-state index in [1.807, 2.05) is 0 Å². The van der Waals surface area contributed by atoms with Gasteiger partial charge in [-0.3, -0.25) is 9.79 Å². The van der Waals surface area contributed by atoms with Gasteiger partial charge in [0.2, 0.25) is 0 Å². The van der Waals surface area contributed by atoms with E-state index >= 15 is 0 Å². The number of aliphatic imine (C=N–C) groups is 1. The Bertz CT molecular complexity index is 728. The van der Waals surface area contributed by atoms with Crippen molar-refractivity contribution >= 4 is 11.9 Å². The number of hydrogen-bond acceptors (Lipinski definition) is 3. The highest BCUT2D eigenvalue weighted by Gasteiger charge is 2.24. The number of amides is 1. The van der Waals surface area contributed by atoms with Crippen molar-refractivity contribution in [2.75, 3.05) is 32.7 Å². The van der Waals surface area contributed by atoms with Gasteiger partial charge in [0.25, 0.3) is 5.91 Å². The third-order valence-corrected chi connectivity index (χ3v) is 4.69. The van der Waals surface area contributed by atoms with Gasteiger partial charge in [0, 0.05) is 26.2 Å². The minimum absolute atomic E-state index is 0.204. The van der Waals surface area contributed by atoms with Gasteiger partial charge in [0.1, 0.15) is 0 Å². The van der Waals surface area contributed by atoms with E-state index in [1.54, 1.807) is 12.1 Å². The van der Waals surface area contributed by atoms with Crippen molar-refractivity contribution in [2.45, 2.75) is 19.8 Å². The summed E-state index contributed by atoms with van der Waals surface area (Å²) in [5.74, 6) is 1.70. The largest absolute Gasteiger partial charge is 0.459 e. The van der Waals surface area contributed by atoms with E-state index in [-0.39, 0.29) is 5.91 Å². The van der Waals surface area contributed by atoms with Crippen molar-refractivity contribution in [3.05, 3.63) is 60.1 Å². The van der Waals surface area contributed by atoms with Gasteiger partial charge in [0.15, 0.2) is 11.7 Å². The predicted molar refractivity (Wildman–Crippen MR) is 107 cm³/mol. The van der Waals surface area contributed by atoms with Crippen LogP contribution in [0, 0.1) is 5.92 Å². The third kappa shape index (κ3) is 5.61. The van der Waals surface area contributed by atoms with Gasteiger partial charge in [-0.05, 0) is 43.4 Å². The quantitative estimate of drug-likeness (QED) is 0.448. The average molecular weight is 368 g/mol. The zero-order chi connectivity index (χ0) is 18.9. The summed E-state index contributed by atoms with van der Waals surface area (Å²) in [7, 11) is 0. The van der Waals surface area contributed by atoms with Crippen molar-refractivity contribution in [3.63, 3.8) is 0 Å². The van der Waals surface area contributed by atoms with Crippen LogP contribution in [-0.4, -0.2) is 49.5 Å². The fourth-order valence-electron chi connectivity index (χ4n) is 3.39. The second-order valence-corrected chi connectivity index (χ2v) is 6.76. The molecule has 1 amide bonds. The van der Waals surface area contributed by atoms with Crippen molar-refractivity contribution in [3.8, 4) is 0 Å². The fourth-order valence-corrected chi connectivity index (χ4v) is 3.39. The van der Waals surface area contributed by atoms with Crippen LogP contribution >= 0.6 is 0 Å². The zero-order valence-corrected chi connectivity index (χ0v) is 15.9. The number of likely N-dealkylation sites (tertiary alicyclic amines) is 1. The molecule has 0 saturated carbocycles. The van der Waals surface area contributed by atoms with Crippen molar-refractivity contribution in [1.82, 2.24) is 15.5 Å². The van der Waals surface area contributed by atoms with Gasteiger partial charge in [0.05, 0.1) is 12.8 Å². The molecule has 0 aliphatic carbocycles. The van der Waals surface area contributed by atoms with E-state index in [4.69, 9.17) is 4.42 Å². The van der Waals surface area contributed by atoms with Crippen LogP contribution in [0.3, 0.4) is 0 Å². The summed E-state index contributed by atoms with van der Waals surface area (Å²) in [5.41, 5.74) is 1.40. The number of hydrogen-bond donors (Lipinski definition) is 2. The summed E-state index contributed by atoms with van der Waals surface area (Å²) >= 11 is 0. The number of furan rings is 1. The van der Waals surface area contributed by atoms with Crippen LogP contribution in [-0.2, 0) is 6.42 Å². The maximum atomic E-state index is 11.9. The highest BCUT2D eigenvalue weighted by atomic mass is 16.3. The highest BCUT2D eigenvalue weighted by molar-refractivity contribution is 5.91. The van der Waals surface area contributed by atoms with Gasteiger partial charge in [-0.2, -0.15) is 0 Å². The Morgan fingerprint density at radius 2 is 2.07 bits per heavy atom. The van der Waals surface area contributed by atoms with Crippen molar-refractivity contribution in [2.24, 2.45) is 10.9 Å². The lowest BCUT2D eigenvalue weighted by atomic mass is 9.99. The SMILES string of the molecule is CCNC(=NCCNC(=O)c1ccco1)N1CCC(Cc2ccccc2)C1. The van der Waals surface area contributed by atoms with Gasteiger partial charge < -0.3 is 20.0 Å². The summed E-state index contributed by atoms with van der Waals surface area (Å²) < 4.78 is 5.09. The maximum absolute atomic E-state index is 11.9. The van der Waals surface area contributed by atoms with E-state index in [1.165, 1.54) is 18.2 Å². The number of benzene rings is 1. The summed E-state index contributed by atoms with van der Waals surface area (Å²) in [6, 6.07) is 14.0. The van der Waals surface area contributed by atoms with Gasteiger partial charge in [-0.15, -0.1) is 0 Å². The minimum Gasteiger partial charge on any atom is -0.459 e. The van der Waals surface area contributed by atoms with Crippen molar-refractivity contribution in [1.29, 1.82) is 0 Å². The molecule has 0 radical (unpaired) electrons. The monoisotopic (exact) mass is 368 g/mol. The van der Waals surface area contributed by atoms with Crippen LogP contribution in [0.4, 0.5) is 0 Å². The summed E-state index contributed by atoms with van der Waals surface area (Å²) in [4.78, 5) is 18.9. The normalized spacial score (nSPS) is 17.1. The first kappa shape index (κ1) is 19.0. The van der Waals surface area contributed by atoms with Gasteiger partial charge >= 0.3 is 0 Å². The molecule has 2 heterocycles. The Labute approximate surface area is 160 Å². The Hall–Kier alpha value is -2.76. The van der Waals surface area contributed by atoms with E-state index in [9.17, 15) is 4.79 Å². The average Bonchev–Trinajstić information content (AvgIpc) is 3.37. The Kier molecular flexibility index (Phi) is 6.90. The fraction of sp³-hybridized carbons (Fsp3) is 0.429. The molecule has 1 aromatic carbocycles. The molecule has 1 unspecified atom stereocenters. The molecular weight excluding hydrogens is 340 g/mol. The molecule has 6 nitrogen and oxygen atoms in total. The molecule has 1 aliphatic rings. The second-order valence-electron chi connectivity index (χ2n) is 6.76. The second kappa shape index (κ2) is 9.80. The first-order chi connectivity index (χ1) is 13.3. The van der Waals surface area contributed by atoms with Crippen LogP contribution in [0.15, 0.2) is 58.1 Å². The molecule has 27 heavy (non-hydrogen) atoms. The number of carbonyl (C=O) groups is 1. The van der Waals surface area contributed by atoms with Gasteiger partial charge in [-0.1, -0.05) is 30.3 Å². The smallest absolute Gasteiger partial charge is 0.287 e. The summed E-state index contributed by atoms with van der Waals surface area (Å²) in [6.45, 7) is 5.95. The van der Waals surface area contributed by atoms with Crippen LogP contribution in [0.1, 0.15) is 29.5 Å². The van der Waals surface area contributed by atoms with E-state index in [0.29, 0.717) is 24.8 Å². The summed E-state index contributed by atoms with van der Waals surface area (Å²) in [6.07, 6.45) is 3.78. The molecule has 1 atom stereocenters. The summed E-state index contributed by atoms with van der Waals surface area (Å²) in [5, 5.41) is 6.20. The number of nitrogens with zero attached hydrogens (tertiary/aromatic N) is 2. The van der Waals surface area contributed by atoms with E-state index in [0.717, 1.165) is 32.0 Å². The molecule has 1 aromatic heterocycles. The van der Waals surface area contributed by atoms with E-state index < -0.39 is 0 Å². The lowest BCUT2D eigenvalue weighted by molar-refractivity contribution is 0.0927. The molecule has 144 valence electrons. The topological polar surface area (TPSA) is 69.9 Å². The number of guanidine groups is 1. The molecule has 1 fully saturated rings. The third-order valence-electron chi connectivity index (χ3n) is 4.69. The van der Waals surface area contributed by atoms with E-state index in [2.05, 4.69) is 57.8 Å². The number of rotatable bonds is 7. The standard InChI is InChI=1S/C21H28N4O2/c1-2-22-21(24-12-11-23-20(26)19-9-6-14-27-19)25-13-10-18(16-25)15-17-7-4-3-5-8-17/h3-9,14,18H,2,10-13,15-16H2,1H3,(H,22,24)(H,23,26). The molecule has 2 N–H and O–H groups in total. The zero-order valence-electron chi connectivity index (χ0n) is 15.9. The number of nitrogens with one attached hydrogen (secondary N) is 2. The Balaban J connectivity index is 1.47. The molecule has 1 saturated heterocycles. The van der Waals surface area contributed by atoms with Crippen LogP contribution in [0.2, 0.25) is 0 Å². The highest BCUT2D eigenvalue weighted by Crippen LogP contribution is 2.20. The molecule has 6 heteroatoms. The lowest BCUT2D eigenvalue weighted by Gasteiger charge is -2.21. The lowest BCUT2D eigenvalue weighted by Crippen LogP contribution is -2.40. The molecule has 0 bridgehead atoms. The Morgan fingerprint density at radius 3 is 2.81 bits per heavy atom. The first-order valence-electron chi connectivity index (χ1n) is 9.65. The van der Waals surface area contributed by atoms with Crippen LogP contribution in [0.5, 0.6) is 0 Å². The molecule has 0 spiro atoms. The predicted octanol–water partition coefficient (Wildman–Crippen LogP) is 2.54. The van der Waals surface area contributed by atoms with Crippen molar-refractivity contribution < 1.29 is 9.21 Å². The molecule has 1 aliphatic heterocycles. The molecule has 2 aromatic rings. The maximum Gasteiger partial charge on any atom is 0.287 e. The van der Waals surface area contributed by atoms with Crippen LogP contribution in [0.25, 0.3) is 0 Å². The minimum atomic E-state index is -0.204. The molecule has 3 rings (SSSR count). The first-order valence-corrected chi connectivity index (χ1v) is 9.65.